The van der Waals surface area contributed by atoms with Gasteiger partial charge in [0.2, 0.25) is 0 Å². The highest BCUT2D eigenvalue weighted by atomic mass is 19.3. The van der Waals surface area contributed by atoms with Gasteiger partial charge in [-0.25, -0.2) is 8.78 Å². The summed E-state index contributed by atoms with van der Waals surface area (Å²) in [7, 11) is 0. The van der Waals surface area contributed by atoms with Gasteiger partial charge in [-0.3, -0.25) is 4.98 Å². The normalized spacial score (nSPS) is 13.4. The fraction of sp³-hybridized carbons (Fsp3) is 0.375. The highest BCUT2D eigenvalue weighted by Gasteiger charge is 2.18. The van der Waals surface area contributed by atoms with Crippen LogP contribution in [0.2, 0.25) is 0 Å². The van der Waals surface area contributed by atoms with Crippen molar-refractivity contribution in [2.45, 2.75) is 19.4 Å². The van der Waals surface area contributed by atoms with E-state index < -0.39 is 12.5 Å². The number of nitrogens with zero attached hydrogens (tertiary/aromatic N) is 1. The Bertz CT molecular complexity index is 263. The molecule has 0 amide bonds. The number of aryl methyl sites for hydroxylation is 1. The zero-order valence-corrected chi connectivity index (χ0v) is 6.67. The first kappa shape index (κ1) is 9.06. The summed E-state index contributed by atoms with van der Waals surface area (Å²) in [6.07, 6.45) is 0.466. The summed E-state index contributed by atoms with van der Waals surface area (Å²) in [6, 6.07) is 0.319. The van der Waals surface area contributed by atoms with Crippen LogP contribution >= 0.6 is 0 Å². The van der Waals surface area contributed by atoms with Crippen LogP contribution in [0.25, 0.3) is 0 Å². The zero-order chi connectivity index (χ0) is 9.14. The maximum absolute atomic E-state index is 12.1. The Morgan fingerprint density at radius 3 is 2.67 bits per heavy atom. The van der Waals surface area contributed by atoms with E-state index >= 15 is 0 Å². The fourth-order valence-corrected chi connectivity index (χ4v) is 0.994. The summed E-state index contributed by atoms with van der Waals surface area (Å²) < 4.78 is 24.3. The molecule has 2 N–H and O–H groups in total. The van der Waals surface area contributed by atoms with Gasteiger partial charge in [0, 0.05) is 12.4 Å². The van der Waals surface area contributed by atoms with E-state index in [9.17, 15) is 8.78 Å². The van der Waals surface area contributed by atoms with Crippen molar-refractivity contribution in [1.29, 1.82) is 0 Å². The lowest BCUT2D eigenvalue weighted by Crippen LogP contribution is -2.19. The SMILES string of the molecule is Cc1cnccc1C(N)C(F)F. The van der Waals surface area contributed by atoms with Crippen molar-refractivity contribution in [2.75, 3.05) is 0 Å². The average Bonchev–Trinajstić information content (AvgIpc) is 2.04. The lowest BCUT2D eigenvalue weighted by atomic mass is 10.1. The second-order valence-electron chi connectivity index (χ2n) is 2.59. The van der Waals surface area contributed by atoms with E-state index in [1.807, 2.05) is 0 Å². The second-order valence-corrected chi connectivity index (χ2v) is 2.59. The Morgan fingerprint density at radius 1 is 1.50 bits per heavy atom. The Kier molecular flexibility index (Phi) is 2.70. The van der Waals surface area contributed by atoms with Crippen LogP contribution in [0.5, 0.6) is 0 Å². The molecule has 0 aliphatic heterocycles. The summed E-state index contributed by atoms with van der Waals surface area (Å²) in [5, 5.41) is 0. The minimum absolute atomic E-state index is 0.458. The smallest absolute Gasteiger partial charge is 0.257 e. The van der Waals surface area contributed by atoms with Gasteiger partial charge in [0.15, 0.2) is 0 Å². The Labute approximate surface area is 69.4 Å². The van der Waals surface area contributed by atoms with E-state index in [0.717, 1.165) is 0 Å². The lowest BCUT2D eigenvalue weighted by molar-refractivity contribution is 0.116. The van der Waals surface area contributed by atoms with Gasteiger partial charge in [-0.2, -0.15) is 0 Å². The van der Waals surface area contributed by atoms with Crippen molar-refractivity contribution in [3.63, 3.8) is 0 Å². The molecule has 1 aromatic heterocycles. The zero-order valence-electron chi connectivity index (χ0n) is 6.67. The fourth-order valence-electron chi connectivity index (χ4n) is 0.994. The highest BCUT2D eigenvalue weighted by Crippen LogP contribution is 2.19. The van der Waals surface area contributed by atoms with Gasteiger partial charge in [0.25, 0.3) is 6.43 Å². The van der Waals surface area contributed by atoms with Gasteiger partial charge < -0.3 is 5.73 Å². The van der Waals surface area contributed by atoms with Crippen LogP contribution in [0.4, 0.5) is 8.78 Å². The lowest BCUT2D eigenvalue weighted by Gasteiger charge is -2.12. The number of aromatic nitrogens is 1. The molecule has 12 heavy (non-hydrogen) atoms. The maximum Gasteiger partial charge on any atom is 0.257 e. The van der Waals surface area contributed by atoms with Crippen LogP contribution in [-0.4, -0.2) is 11.4 Å². The summed E-state index contributed by atoms with van der Waals surface area (Å²) in [6.45, 7) is 1.71. The Hall–Kier alpha value is -1.03. The molecule has 1 unspecified atom stereocenters. The van der Waals surface area contributed by atoms with Crippen LogP contribution in [-0.2, 0) is 0 Å². The van der Waals surface area contributed by atoms with Gasteiger partial charge in [-0.1, -0.05) is 0 Å². The molecule has 0 fully saturated rings. The van der Waals surface area contributed by atoms with Crippen molar-refractivity contribution in [3.8, 4) is 0 Å². The third kappa shape index (κ3) is 1.76. The quantitative estimate of drug-likeness (QED) is 0.736. The highest BCUT2D eigenvalue weighted by molar-refractivity contribution is 5.25. The van der Waals surface area contributed by atoms with Crippen LogP contribution in [0.3, 0.4) is 0 Å². The maximum atomic E-state index is 12.1. The number of hydrogen-bond acceptors (Lipinski definition) is 2. The van der Waals surface area contributed by atoms with E-state index in [1.165, 1.54) is 18.5 Å². The molecule has 0 spiro atoms. The summed E-state index contributed by atoms with van der Waals surface area (Å²) in [4.78, 5) is 3.79. The average molecular weight is 172 g/mol. The molecule has 0 aliphatic rings. The van der Waals surface area contributed by atoms with Crippen molar-refractivity contribution in [3.05, 3.63) is 29.6 Å². The van der Waals surface area contributed by atoms with Gasteiger partial charge in [0.1, 0.15) is 0 Å². The molecule has 1 heterocycles. The Morgan fingerprint density at radius 2 is 2.17 bits per heavy atom. The number of pyridine rings is 1. The number of rotatable bonds is 2. The van der Waals surface area contributed by atoms with Gasteiger partial charge >= 0.3 is 0 Å². The molecule has 0 saturated carbocycles. The predicted molar refractivity (Wildman–Crippen MR) is 41.9 cm³/mol. The molecule has 4 heteroatoms. The van der Waals surface area contributed by atoms with Crippen molar-refractivity contribution >= 4 is 0 Å². The van der Waals surface area contributed by atoms with Crippen LogP contribution in [0.1, 0.15) is 17.2 Å². The summed E-state index contributed by atoms with van der Waals surface area (Å²) in [5.41, 5.74) is 6.42. The third-order valence-electron chi connectivity index (χ3n) is 1.69. The van der Waals surface area contributed by atoms with Crippen molar-refractivity contribution in [1.82, 2.24) is 4.98 Å². The monoisotopic (exact) mass is 172 g/mol. The molecule has 1 rings (SSSR count). The molecule has 0 radical (unpaired) electrons. The largest absolute Gasteiger partial charge is 0.319 e. The van der Waals surface area contributed by atoms with Crippen molar-refractivity contribution < 1.29 is 8.78 Å². The molecular formula is C8H10F2N2. The molecule has 66 valence electrons. The molecule has 1 aromatic rings. The van der Waals surface area contributed by atoms with E-state index in [2.05, 4.69) is 4.98 Å². The first-order valence-corrected chi connectivity index (χ1v) is 3.57. The number of nitrogens with two attached hydrogens (primary N) is 1. The van der Waals surface area contributed by atoms with E-state index in [-0.39, 0.29) is 0 Å². The minimum atomic E-state index is -2.52. The molecule has 0 aromatic carbocycles. The van der Waals surface area contributed by atoms with E-state index in [4.69, 9.17) is 5.73 Å². The van der Waals surface area contributed by atoms with Gasteiger partial charge in [-0.15, -0.1) is 0 Å². The van der Waals surface area contributed by atoms with Gasteiger partial charge in [-0.05, 0) is 24.1 Å². The van der Waals surface area contributed by atoms with E-state index in [1.54, 1.807) is 6.92 Å². The molecule has 0 aliphatic carbocycles. The number of hydrogen-bond donors (Lipinski definition) is 1. The van der Waals surface area contributed by atoms with Crippen LogP contribution < -0.4 is 5.73 Å². The number of alkyl halides is 2. The standard InChI is InChI=1S/C8H10F2N2/c1-5-4-12-3-2-6(5)7(11)8(9)10/h2-4,7-8H,11H2,1H3. The first-order valence-electron chi connectivity index (χ1n) is 3.57. The van der Waals surface area contributed by atoms with Crippen LogP contribution in [0.15, 0.2) is 18.5 Å². The Balaban J connectivity index is 2.94. The van der Waals surface area contributed by atoms with E-state index in [0.29, 0.717) is 11.1 Å². The summed E-state index contributed by atoms with van der Waals surface area (Å²) in [5.74, 6) is 0. The molecule has 0 saturated heterocycles. The van der Waals surface area contributed by atoms with Gasteiger partial charge in [0.05, 0.1) is 6.04 Å². The first-order chi connectivity index (χ1) is 5.63. The van der Waals surface area contributed by atoms with Crippen LogP contribution in [0, 0.1) is 6.92 Å². The second kappa shape index (κ2) is 3.58. The molecule has 2 nitrogen and oxygen atoms in total. The third-order valence-corrected chi connectivity index (χ3v) is 1.69. The molecule has 1 atom stereocenters. The molecule has 0 bridgehead atoms. The number of halogens is 2. The minimum Gasteiger partial charge on any atom is -0.319 e. The predicted octanol–water partition coefficient (Wildman–Crippen LogP) is 1.65. The summed E-state index contributed by atoms with van der Waals surface area (Å²) >= 11 is 0. The van der Waals surface area contributed by atoms with Crippen molar-refractivity contribution in [2.24, 2.45) is 5.73 Å². The topological polar surface area (TPSA) is 38.9 Å². The molecular weight excluding hydrogens is 162 g/mol.